The maximum Gasteiger partial charge on any atom is 0.134 e. The number of aryl methyl sites for hydroxylation is 1. The van der Waals surface area contributed by atoms with Crippen LogP contribution in [0, 0.1) is 0 Å². The van der Waals surface area contributed by atoms with E-state index in [-0.39, 0.29) is 0 Å². The van der Waals surface area contributed by atoms with Crippen molar-refractivity contribution in [2.45, 2.75) is 12.5 Å². The van der Waals surface area contributed by atoms with Crippen LogP contribution >= 0.6 is 0 Å². The molecule has 5 nitrogen and oxygen atoms in total. The Morgan fingerprint density at radius 2 is 2.20 bits per heavy atom. The van der Waals surface area contributed by atoms with Gasteiger partial charge in [0.1, 0.15) is 6.04 Å². The van der Waals surface area contributed by atoms with Crippen molar-refractivity contribution in [3.8, 4) is 0 Å². The van der Waals surface area contributed by atoms with E-state index < -0.39 is 12.0 Å². The average molecular weight is 211 g/mol. The summed E-state index contributed by atoms with van der Waals surface area (Å²) in [6.45, 7) is 0. The summed E-state index contributed by atoms with van der Waals surface area (Å²) in [7, 11) is 7.37. The fraction of sp³-hybridized carbons (Fsp3) is 0.600. The molecule has 0 N–H and O–H groups in total. The number of likely N-dealkylation sites (N-methyl/N-ethyl adjacent to an activating group) is 1. The van der Waals surface area contributed by atoms with Crippen LogP contribution in [0.4, 0.5) is 0 Å². The highest BCUT2D eigenvalue weighted by molar-refractivity contribution is 5.70. The summed E-state index contributed by atoms with van der Waals surface area (Å²) < 4.78 is 2.14. The van der Waals surface area contributed by atoms with Gasteiger partial charge in [-0.2, -0.15) is 0 Å². The number of aromatic nitrogens is 2. The van der Waals surface area contributed by atoms with Crippen molar-refractivity contribution in [2.75, 3.05) is 21.1 Å². The maximum atomic E-state index is 11.0. The first-order valence-electron chi connectivity index (χ1n) is 4.79. The van der Waals surface area contributed by atoms with Gasteiger partial charge >= 0.3 is 0 Å². The number of aliphatic carboxylic acids is 1. The molecule has 0 radical (unpaired) electrons. The minimum atomic E-state index is -1.03. The number of nitrogens with zero attached hydrogens (tertiary/aromatic N) is 3. The molecule has 1 heterocycles. The molecule has 0 aliphatic heterocycles. The third-order valence-electron chi connectivity index (χ3n) is 2.37. The Kier molecular flexibility index (Phi) is 3.14. The van der Waals surface area contributed by atoms with Gasteiger partial charge in [-0.15, -0.1) is 0 Å². The standard InChI is InChI=1S/C10H17N3O2/c1-12-6-8(11-7-12)5-9(10(14)15)13(2,3)4/h6-7,9H,5H2,1-4H3/t9-/m0/s1. The molecule has 1 rings (SSSR count). The second kappa shape index (κ2) is 4.02. The number of quaternary nitrogens is 1. The average Bonchev–Trinajstić information content (AvgIpc) is 2.44. The Balaban J connectivity index is 2.81. The van der Waals surface area contributed by atoms with Crippen LogP contribution < -0.4 is 5.11 Å². The van der Waals surface area contributed by atoms with E-state index in [1.807, 2.05) is 34.4 Å². The normalized spacial score (nSPS) is 13.9. The lowest BCUT2D eigenvalue weighted by Crippen LogP contribution is -2.55. The predicted octanol–water partition coefficient (Wildman–Crippen LogP) is -1.21. The van der Waals surface area contributed by atoms with Crippen LogP contribution in [0.25, 0.3) is 0 Å². The Hall–Kier alpha value is -1.36. The van der Waals surface area contributed by atoms with Crippen LogP contribution in [0.3, 0.4) is 0 Å². The summed E-state index contributed by atoms with van der Waals surface area (Å²) in [6, 6.07) is -0.570. The third kappa shape index (κ3) is 3.06. The molecule has 84 valence electrons. The molecule has 0 saturated heterocycles. The molecule has 1 aromatic rings. The highest BCUT2D eigenvalue weighted by Crippen LogP contribution is 2.09. The van der Waals surface area contributed by atoms with Crippen molar-refractivity contribution in [3.05, 3.63) is 18.2 Å². The monoisotopic (exact) mass is 211 g/mol. The Bertz CT molecular complexity index is 352. The molecule has 0 aromatic carbocycles. The van der Waals surface area contributed by atoms with Crippen molar-refractivity contribution in [1.29, 1.82) is 0 Å². The molecule has 1 atom stereocenters. The topological polar surface area (TPSA) is 58.0 Å². The Morgan fingerprint density at radius 3 is 2.53 bits per heavy atom. The SMILES string of the molecule is Cn1cnc(C[C@@H](C(=O)[O-])[N+](C)(C)C)c1. The first-order chi connectivity index (χ1) is 6.80. The van der Waals surface area contributed by atoms with Gasteiger partial charge in [0, 0.05) is 19.7 Å². The van der Waals surface area contributed by atoms with Gasteiger partial charge in [0.2, 0.25) is 0 Å². The van der Waals surface area contributed by atoms with Crippen LogP contribution in [0.2, 0.25) is 0 Å². The largest absolute Gasteiger partial charge is 0.544 e. The Labute approximate surface area is 89.6 Å². The number of hydrogen-bond acceptors (Lipinski definition) is 3. The van der Waals surface area contributed by atoms with E-state index >= 15 is 0 Å². The lowest BCUT2D eigenvalue weighted by atomic mass is 10.1. The molecule has 0 amide bonds. The van der Waals surface area contributed by atoms with Crippen LogP contribution in [-0.2, 0) is 18.3 Å². The van der Waals surface area contributed by atoms with Gasteiger partial charge in [-0.25, -0.2) is 4.98 Å². The number of carboxylic acid groups (broad SMARTS) is 1. The molecule has 0 bridgehead atoms. The zero-order valence-electron chi connectivity index (χ0n) is 9.60. The van der Waals surface area contributed by atoms with E-state index in [1.54, 1.807) is 10.9 Å². The van der Waals surface area contributed by atoms with Crippen LogP contribution in [0.5, 0.6) is 0 Å². The predicted molar refractivity (Wildman–Crippen MR) is 53.7 cm³/mol. The minimum Gasteiger partial charge on any atom is -0.544 e. The zero-order valence-corrected chi connectivity index (χ0v) is 9.60. The lowest BCUT2D eigenvalue weighted by molar-refractivity contribution is -0.889. The highest BCUT2D eigenvalue weighted by Gasteiger charge is 2.26. The molecule has 0 aliphatic rings. The first kappa shape index (κ1) is 11.7. The summed E-state index contributed by atoms with van der Waals surface area (Å²) in [5.41, 5.74) is 0.778. The molecular formula is C10H17N3O2. The van der Waals surface area contributed by atoms with Crippen molar-refractivity contribution in [1.82, 2.24) is 9.55 Å². The molecule has 0 fully saturated rings. The van der Waals surface area contributed by atoms with Gasteiger partial charge in [0.15, 0.2) is 0 Å². The van der Waals surface area contributed by atoms with E-state index in [1.165, 1.54) is 0 Å². The highest BCUT2D eigenvalue weighted by atomic mass is 16.4. The molecule has 0 aliphatic carbocycles. The number of carbonyl (C=O) groups is 1. The van der Waals surface area contributed by atoms with E-state index in [0.717, 1.165) is 5.69 Å². The molecule has 0 saturated carbocycles. The van der Waals surface area contributed by atoms with Gasteiger partial charge in [0.25, 0.3) is 0 Å². The van der Waals surface area contributed by atoms with Crippen LogP contribution in [0.15, 0.2) is 12.5 Å². The van der Waals surface area contributed by atoms with Gasteiger partial charge in [-0.05, 0) is 0 Å². The summed E-state index contributed by atoms with van der Waals surface area (Å²) >= 11 is 0. The fourth-order valence-electron chi connectivity index (χ4n) is 1.44. The second-order valence-corrected chi connectivity index (χ2v) is 4.69. The Morgan fingerprint density at radius 1 is 1.60 bits per heavy atom. The summed E-state index contributed by atoms with van der Waals surface area (Å²) in [5, 5.41) is 11.0. The van der Waals surface area contributed by atoms with Crippen LogP contribution in [0.1, 0.15) is 5.69 Å². The first-order valence-corrected chi connectivity index (χ1v) is 4.79. The maximum absolute atomic E-state index is 11.0. The van der Waals surface area contributed by atoms with E-state index in [4.69, 9.17) is 0 Å². The third-order valence-corrected chi connectivity index (χ3v) is 2.37. The quantitative estimate of drug-likeness (QED) is 0.587. The summed E-state index contributed by atoms with van der Waals surface area (Å²) in [6.07, 6.45) is 3.88. The molecule has 5 heteroatoms. The minimum absolute atomic E-state index is 0.332. The van der Waals surface area contributed by atoms with E-state index in [2.05, 4.69) is 4.98 Å². The smallest absolute Gasteiger partial charge is 0.134 e. The molecule has 0 unspecified atom stereocenters. The van der Waals surface area contributed by atoms with Crippen molar-refractivity contribution >= 4 is 5.97 Å². The van der Waals surface area contributed by atoms with Gasteiger partial charge in [-0.3, -0.25) is 0 Å². The van der Waals surface area contributed by atoms with Gasteiger partial charge in [-0.1, -0.05) is 0 Å². The zero-order chi connectivity index (χ0) is 11.6. The lowest BCUT2D eigenvalue weighted by Gasteiger charge is -2.34. The number of carbonyl (C=O) groups excluding carboxylic acids is 1. The van der Waals surface area contributed by atoms with E-state index in [9.17, 15) is 9.90 Å². The van der Waals surface area contributed by atoms with Crippen molar-refractivity contribution in [3.63, 3.8) is 0 Å². The second-order valence-electron chi connectivity index (χ2n) is 4.69. The van der Waals surface area contributed by atoms with Crippen LogP contribution in [-0.4, -0.2) is 47.2 Å². The molecule has 0 spiro atoms. The number of imidazole rings is 1. The van der Waals surface area contributed by atoms with Crippen molar-refractivity contribution < 1.29 is 14.4 Å². The number of rotatable bonds is 4. The summed E-state index contributed by atoms with van der Waals surface area (Å²) in [5.74, 6) is -1.03. The molecular weight excluding hydrogens is 194 g/mol. The van der Waals surface area contributed by atoms with E-state index in [0.29, 0.717) is 10.9 Å². The molecule has 15 heavy (non-hydrogen) atoms. The number of hydrogen-bond donors (Lipinski definition) is 0. The van der Waals surface area contributed by atoms with Gasteiger partial charge < -0.3 is 19.0 Å². The number of carboxylic acids is 1. The fourth-order valence-corrected chi connectivity index (χ4v) is 1.44. The van der Waals surface area contributed by atoms with Crippen molar-refractivity contribution in [2.24, 2.45) is 7.05 Å². The molecule has 1 aromatic heterocycles. The summed E-state index contributed by atoms with van der Waals surface area (Å²) in [4.78, 5) is 15.1. The van der Waals surface area contributed by atoms with Gasteiger partial charge in [0.05, 0.1) is 39.1 Å².